The van der Waals surface area contributed by atoms with Crippen LogP contribution in [0.1, 0.15) is 36.2 Å². The molecule has 0 saturated heterocycles. The van der Waals surface area contributed by atoms with Crippen LogP contribution in [0.3, 0.4) is 0 Å². The number of fused-ring (bicyclic) bond motifs is 1. The molecule has 0 bridgehead atoms. The van der Waals surface area contributed by atoms with Crippen molar-refractivity contribution < 1.29 is 9.13 Å². The van der Waals surface area contributed by atoms with Crippen LogP contribution in [0, 0.1) is 5.82 Å². The van der Waals surface area contributed by atoms with E-state index in [1.165, 1.54) is 10.9 Å². The molecule has 2 atom stereocenters. The zero-order chi connectivity index (χ0) is 14.7. The number of halogens is 1. The molecule has 0 fully saturated rings. The van der Waals surface area contributed by atoms with Crippen LogP contribution in [-0.4, -0.2) is 12.6 Å². The predicted molar refractivity (Wildman–Crippen MR) is 84.5 cm³/mol. The van der Waals surface area contributed by atoms with Gasteiger partial charge < -0.3 is 10.1 Å². The highest BCUT2D eigenvalue weighted by Crippen LogP contribution is 2.30. The van der Waals surface area contributed by atoms with Crippen molar-refractivity contribution in [3.8, 4) is 5.75 Å². The maximum absolute atomic E-state index is 13.2. The van der Waals surface area contributed by atoms with Gasteiger partial charge in [0.2, 0.25) is 0 Å². The molecule has 2 unspecified atom stereocenters. The predicted octanol–water partition coefficient (Wildman–Crippen LogP) is 4.32. The van der Waals surface area contributed by atoms with Gasteiger partial charge in [0.05, 0.1) is 0 Å². The number of rotatable bonds is 6. The molecule has 2 nitrogen and oxygen atoms in total. The molecular formula is C17H20FNOS. The van der Waals surface area contributed by atoms with Crippen molar-refractivity contribution in [3.63, 3.8) is 0 Å². The lowest BCUT2D eigenvalue weighted by molar-refractivity contribution is 0.220. The average Bonchev–Trinajstić information content (AvgIpc) is 3.12. The lowest BCUT2D eigenvalue weighted by atomic mass is 10.1. The Morgan fingerprint density at radius 3 is 3.10 bits per heavy atom. The fourth-order valence-corrected chi connectivity index (χ4v) is 3.64. The van der Waals surface area contributed by atoms with E-state index in [1.54, 1.807) is 23.5 Å². The highest BCUT2D eigenvalue weighted by molar-refractivity contribution is 7.10. The second-order valence-electron chi connectivity index (χ2n) is 5.46. The minimum Gasteiger partial charge on any atom is -0.488 e. The van der Waals surface area contributed by atoms with Gasteiger partial charge in [-0.25, -0.2) is 4.39 Å². The van der Waals surface area contributed by atoms with Crippen molar-refractivity contribution in [3.05, 3.63) is 52.0 Å². The minimum absolute atomic E-state index is 0.0983. The van der Waals surface area contributed by atoms with Crippen LogP contribution in [0.25, 0.3) is 0 Å². The Morgan fingerprint density at radius 2 is 2.33 bits per heavy atom. The average molecular weight is 305 g/mol. The van der Waals surface area contributed by atoms with Crippen molar-refractivity contribution in [2.24, 2.45) is 0 Å². The van der Waals surface area contributed by atoms with Crippen molar-refractivity contribution in [1.29, 1.82) is 0 Å². The molecule has 3 rings (SSSR count). The smallest absolute Gasteiger partial charge is 0.123 e. The zero-order valence-electron chi connectivity index (χ0n) is 12.1. The molecule has 1 aliphatic rings. The fraction of sp³-hybridized carbons (Fsp3) is 0.412. The Hall–Kier alpha value is -1.39. The molecule has 2 heterocycles. The molecule has 0 spiro atoms. The van der Waals surface area contributed by atoms with Crippen molar-refractivity contribution in [1.82, 2.24) is 5.32 Å². The Bertz CT molecular complexity index is 584. The third-order valence-corrected chi connectivity index (χ3v) is 4.81. The van der Waals surface area contributed by atoms with Gasteiger partial charge in [0.25, 0.3) is 0 Å². The maximum atomic E-state index is 13.2. The van der Waals surface area contributed by atoms with Crippen LogP contribution in [0.2, 0.25) is 0 Å². The summed E-state index contributed by atoms with van der Waals surface area (Å²) in [7, 11) is 0. The van der Waals surface area contributed by atoms with Crippen LogP contribution >= 0.6 is 11.3 Å². The first-order valence-corrected chi connectivity index (χ1v) is 8.36. The Labute approximate surface area is 129 Å². The topological polar surface area (TPSA) is 21.3 Å². The van der Waals surface area contributed by atoms with E-state index >= 15 is 0 Å². The molecule has 1 aromatic carbocycles. The van der Waals surface area contributed by atoms with E-state index < -0.39 is 0 Å². The van der Waals surface area contributed by atoms with Crippen LogP contribution in [-0.2, 0) is 6.42 Å². The van der Waals surface area contributed by atoms with Crippen LogP contribution in [0.15, 0.2) is 35.7 Å². The van der Waals surface area contributed by atoms with E-state index in [0.29, 0.717) is 6.04 Å². The molecule has 0 amide bonds. The van der Waals surface area contributed by atoms with Gasteiger partial charge in [0.15, 0.2) is 0 Å². The van der Waals surface area contributed by atoms with E-state index in [1.807, 2.05) is 0 Å². The first-order chi connectivity index (χ1) is 10.3. The SMILES string of the molecule is CCCC(NCC1Cc2cc(F)ccc2O1)c1cccs1. The number of ether oxygens (including phenoxy) is 1. The Kier molecular flexibility index (Phi) is 4.56. The van der Waals surface area contributed by atoms with Crippen molar-refractivity contribution >= 4 is 11.3 Å². The van der Waals surface area contributed by atoms with Crippen molar-refractivity contribution in [2.45, 2.75) is 38.3 Å². The van der Waals surface area contributed by atoms with E-state index in [0.717, 1.165) is 37.1 Å². The van der Waals surface area contributed by atoms with Gasteiger partial charge in [-0.1, -0.05) is 19.4 Å². The van der Waals surface area contributed by atoms with Gasteiger partial charge >= 0.3 is 0 Å². The fourth-order valence-electron chi connectivity index (χ4n) is 2.80. The molecule has 4 heteroatoms. The van der Waals surface area contributed by atoms with E-state index in [9.17, 15) is 4.39 Å². The van der Waals surface area contributed by atoms with Crippen LogP contribution in [0.4, 0.5) is 4.39 Å². The third kappa shape index (κ3) is 3.44. The van der Waals surface area contributed by atoms with E-state index in [2.05, 4.69) is 29.8 Å². The summed E-state index contributed by atoms with van der Waals surface area (Å²) < 4.78 is 19.1. The summed E-state index contributed by atoms with van der Waals surface area (Å²) in [5.74, 6) is 0.639. The maximum Gasteiger partial charge on any atom is 0.123 e. The lowest BCUT2D eigenvalue weighted by Crippen LogP contribution is -2.32. The minimum atomic E-state index is -0.187. The molecule has 21 heavy (non-hydrogen) atoms. The summed E-state index contributed by atoms with van der Waals surface area (Å²) in [6, 6.07) is 9.43. The molecule has 1 aliphatic heterocycles. The van der Waals surface area contributed by atoms with Gasteiger partial charge in [0.1, 0.15) is 17.7 Å². The summed E-state index contributed by atoms with van der Waals surface area (Å²) in [6.07, 6.45) is 3.14. The Morgan fingerprint density at radius 1 is 1.43 bits per heavy atom. The first kappa shape index (κ1) is 14.5. The van der Waals surface area contributed by atoms with Gasteiger partial charge in [-0.2, -0.15) is 0 Å². The quantitative estimate of drug-likeness (QED) is 0.858. The zero-order valence-corrected chi connectivity index (χ0v) is 13.0. The highest BCUT2D eigenvalue weighted by Gasteiger charge is 2.24. The Balaban J connectivity index is 1.58. The van der Waals surface area contributed by atoms with E-state index in [4.69, 9.17) is 4.74 Å². The molecule has 2 aromatic rings. The standard InChI is InChI=1S/C17H20FNOS/c1-2-4-15(17-5-3-8-21-17)19-11-14-10-12-9-13(18)6-7-16(12)20-14/h3,5-9,14-15,19H,2,4,10-11H2,1H3. The monoisotopic (exact) mass is 305 g/mol. The molecule has 112 valence electrons. The molecule has 0 aliphatic carbocycles. The molecule has 0 radical (unpaired) electrons. The second kappa shape index (κ2) is 6.58. The summed E-state index contributed by atoms with van der Waals surface area (Å²) >= 11 is 1.79. The number of nitrogens with one attached hydrogen (secondary N) is 1. The summed E-state index contributed by atoms with van der Waals surface area (Å²) in [5, 5.41) is 5.72. The summed E-state index contributed by atoms with van der Waals surface area (Å²) in [5.41, 5.74) is 0.977. The van der Waals surface area contributed by atoms with Crippen molar-refractivity contribution in [2.75, 3.05) is 6.54 Å². The summed E-state index contributed by atoms with van der Waals surface area (Å²) in [4.78, 5) is 1.37. The number of hydrogen-bond donors (Lipinski definition) is 1. The van der Waals surface area contributed by atoms with Gasteiger partial charge in [0, 0.05) is 29.4 Å². The number of benzene rings is 1. The van der Waals surface area contributed by atoms with Crippen LogP contribution in [0.5, 0.6) is 5.75 Å². The molecule has 1 N–H and O–H groups in total. The van der Waals surface area contributed by atoms with E-state index in [-0.39, 0.29) is 11.9 Å². The normalized spacial score (nSPS) is 18.3. The molecule has 1 aromatic heterocycles. The van der Waals surface area contributed by atoms with Crippen LogP contribution < -0.4 is 10.1 Å². The lowest BCUT2D eigenvalue weighted by Gasteiger charge is -2.19. The number of thiophene rings is 1. The second-order valence-corrected chi connectivity index (χ2v) is 6.44. The summed E-state index contributed by atoms with van der Waals surface area (Å²) in [6.45, 7) is 2.99. The number of hydrogen-bond acceptors (Lipinski definition) is 3. The first-order valence-electron chi connectivity index (χ1n) is 7.48. The third-order valence-electron chi connectivity index (χ3n) is 3.82. The van der Waals surface area contributed by atoms with Gasteiger partial charge in [-0.3, -0.25) is 0 Å². The largest absolute Gasteiger partial charge is 0.488 e. The molecule has 0 saturated carbocycles. The van der Waals surface area contributed by atoms with Gasteiger partial charge in [-0.05, 0) is 36.1 Å². The van der Waals surface area contributed by atoms with Gasteiger partial charge in [-0.15, -0.1) is 11.3 Å². The molecular weight excluding hydrogens is 285 g/mol. The highest BCUT2D eigenvalue weighted by atomic mass is 32.1.